The van der Waals surface area contributed by atoms with E-state index >= 15 is 0 Å². The highest BCUT2D eigenvalue weighted by Crippen LogP contribution is 2.62. The third-order valence-corrected chi connectivity index (χ3v) is 8.42. The van der Waals surface area contributed by atoms with Crippen molar-refractivity contribution in [1.82, 2.24) is 20.4 Å². The van der Waals surface area contributed by atoms with Crippen LogP contribution in [0, 0.1) is 16.7 Å². The minimum Gasteiger partial charge on any atom is -0.497 e. The number of fused-ring (bicyclic) bond motifs is 2. The van der Waals surface area contributed by atoms with E-state index in [0.717, 1.165) is 69.7 Å². The van der Waals surface area contributed by atoms with E-state index in [4.69, 9.17) is 14.6 Å². The number of hydrogen-bond acceptors (Lipinski definition) is 5. The minimum absolute atomic E-state index is 0.00478. The number of carbonyl (C=O) groups excluding carboxylic acids is 2. The zero-order valence-electron chi connectivity index (χ0n) is 22.1. The first-order valence-electron chi connectivity index (χ1n) is 12.8. The Morgan fingerprint density at radius 2 is 1.82 bits per heavy atom. The van der Waals surface area contributed by atoms with Gasteiger partial charge in [-0.2, -0.15) is 13.2 Å². The molecule has 2 saturated heterocycles. The van der Waals surface area contributed by atoms with Crippen LogP contribution in [0.3, 0.4) is 0 Å². The molecular weight excluding hydrogens is 505 g/mol. The van der Waals surface area contributed by atoms with E-state index in [-0.39, 0.29) is 22.8 Å². The molecule has 1 aliphatic carbocycles. The van der Waals surface area contributed by atoms with E-state index in [9.17, 15) is 22.8 Å². The molecule has 1 aromatic carbocycles. The molecule has 3 N–H and O–H groups in total. The van der Waals surface area contributed by atoms with Crippen LogP contribution in [-0.4, -0.2) is 85.9 Å². The van der Waals surface area contributed by atoms with Gasteiger partial charge in [-0.3, -0.25) is 4.79 Å². The van der Waals surface area contributed by atoms with Crippen LogP contribution in [0.25, 0.3) is 0 Å². The number of rotatable bonds is 5. The second-order valence-corrected chi connectivity index (χ2v) is 10.3. The Bertz CT molecular complexity index is 1010. The molecule has 9 nitrogen and oxygen atoms in total. The smallest absolute Gasteiger partial charge is 0.490 e. The topological polar surface area (TPSA) is 111 Å². The Labute approximate surface area is 220 Å². The third-order valence-electron chi connectivity index (χ3n) is 8.42. The van der Waals surface area contributed by atoms with Crippen LogP contribution in [0.5, 0.6) is 5.75 Å². The number of likely N-dealkylation sites (tertiary alicyclic amines) is 2. The van der Waals surface area contributed by atoms with Gasteiger partial charge in [0.25, 0.3) is 0 Å². The fraction of sp³-hybridized carbons (Fsp3) is 0.654. The molecule has 2 heterocycles. The van der Waals surface area contributed by atoms with Crippen molar-refractivity contribution in [2.45, 2.75) is 45.3 Å². The monoisotopic (exact) mass is 542 g/mol. The van der Waals surface area contributed by atoms with Gasteiger partial charge in [0.2, 0.25) is 5.91 Å². The number of nitrogens with zero attached hydrogens (tertiary/aromatic N) is 2. The second kappa shape index (κ2) is 11.8. The summed E-state index contributed by atoms with van der Waals surface area (Å²) >= 11 is 0. The Morgan fingerprint density at radius 3 is 2.37 bits per heavy atom. The molecule has 4 rings (SSSR count). The molecule has 1 saturated carbocycles. The van der Waals surface area contributed by atoms with Crippen LogP contribution < -0.4 is 15.4 Å². The van der Waals surface area contributed by atoms with Crippen molar-refractivity contribution in [1.29, 1.82) is 0 Å². The molecule has 38 heavy (non-hydrogen) atoms. The zero-order chi connectivity index (χ0) is 28.1. The van der Waals surface area contributed by atoms with E-state index in [1.54, 1.807) is 14.2 Å². The number of carboxylic acids is 1. The Kier molecular flexibility index (Phi) is 9.17. The first-order chi connectivity index (χ1) is 17.9. The largest absolute Gasteiger partial charge is 0.497 e. The number of benzene rings is 1. The highest BCUT2D eigenvalue weighted by Gasteiger charge is 2.63. The summed E-state index contributed by atoms with van der Waals surface area (Å²) in [5, 5.41) is 13.1. The lowest BCUT2D eigenvalue weighted by atomic mass is 9.65. The molecule has 212 valence electrons. The fourth-order valence-electron chi connectivity index (χ4n) is 6.34. The van der Waals surface area contributed by atoms with Gasteiger partial charge in [-0.05, 0) is 61.3 Å². The van der Waals surface area contributed by atoms with E-state index < -0.39 is 12.1 Å². The number of halogens is 3. The van der Waals surface area contributed by atoms with Crippen molar-refractivity contribution < 1.29 is 37.4 Å². The number of nitrogens with one attached hydrogen (secondary N) is 2. The number of urea groups is 1. The SMILES string of the molecule is CCN1C[C@H]2C3(CCN(C(=O)NCc4cccc(OC)c4)CC3)CC[C@@]2(C(=O)NC)C1.O=C(O)C(F)(F)F. The van der Waals surface area contributed by atoms with Crippen LogP contribution in [0.1, 0.15) is 38.2 Å². The van der Waals surface area contributed by atoms with Crippen molar-refractivity contribution in [2.75, 3.05) is 46.9 Å². The number of methoxy groups -OCH3 is 1. The average molecular weight is 543 g/mol. The second-order valence-electron chi connectivity index (χ2n) is 10.3. The molecule has 2 atom stereocenters. The first kappa shape index (κ1) is 29.5. The maximum absolute atomic E-state index is 12.9. The van der Waals surface area contributed by atoms with Crippen molar-refractivity contribution in [3.8, 4) is 5.75 Å². The predicted octanol–water partition coefficient (Wildman–Crippen LogP) is 3.10. The quantitative estimate of drug-likeness (QED) is 0.528. The van der Waals surface area contributed by atoms with Crippen molar-refractivity contribution >= 4 is 17.9 Å². The van der Waals surface area contributed by atoms with Gasteiger partial charge in [0.1, 0.15) is 5.75 Å². The molecular formula is C26H37F3N4O5. The summed E-state index contributed by atoms with van der Waals surface area (Å²) in [5.74, 6) is -1.36. The molecule has 0 radical (unpaired) electrons. The molecule has 3 amide bonds. The van der Waals surface area contributed by atoms with Crippen LogP contribution in [0.4, 0.5) is 18.0 Å². The summed E-state index contributed by atoms with van der Waals surface area (Å²) in [4.78, 5) is 39.0. The highest BCUT2D eigenvalue weighted by molar-refractivity contribution is 5.84. The van der Waals surface area contributed by atoms with Gasteiger partial charge in [0, 0.05) is 39.8 Å². The lowest BCUT2D eigenvalue weighted by Gasteiger charge is -2.44. The summed E-state index contributed by atoms with van der Waals surface area (Å²) in [7, 11) is 3.41. The van der Waals surface area contributed by atoms with Crippen LogP contribution in [0.2, 0.25) is 0 Å². The lowest BCUT2D eigenvalue weighted by molar-refractivity contribution is -0.192. The van der Waals surface area contributed by atoms with Gasteiger partial charge < -0.3 is 30.3 Å². The number of hydrogen-bond donors (Lipinski definition) is 3. The normalized spacial score (nSPS) is 24.3. The number of ether oxygens (including phenoxy) is 1. The standard InChI is InChI=1S/C24H36N4O3.C2HF3O2/c1-4-27-16-20-23(8-9-24(20,17-27)21(29)25-2)10-12-28(13-11-23)22(30)26-15-18-6-5-7-19(14-18)31-3;3-2(4,5)1(6)7/h5-7,14,20H,4,8-13,15-17H2,1-3H3,(H,25,29)(H,26,30);(H,6,7)/t20-,24+;/m0./s1. The number of amides is 3. The number of carbonyl (C=O) groups is 3. The molecule has 1 aromatic rings. The zero-order valence-corrected chi connectivity index (χ0v) is 22.1. The molecule has 0 bridgehead atoms. The van der Waals surface area contributed by atoms with Gasteiger partial charge in [-0.25, -0.2) is 9.59 Å². The van der Waals surface area contributed by atoms with Crippen molar-refractivity contribution in [3.63, 3.8) is 0 Å². The third kappa shape index (κ3) is 6.16. The molecule has 3 aliphatic rings. The fourth-order valence-corrected chi connectivity index (χ4v) is 6.34. The van der Waals surface area contributed by atoms with Crippen molar-refractivity contribution in [3.05, 3.63) is 29.8 Å². The summed E-state index contributed by atoms with van der Waals surface area (Å²) in [6.45, 7) is 7.06. The molecule has 2 aliphatic heterocycles. The number of piperidine rings is 1. The van der Waals surface area contributed by atoms with E-state index in [1.807, 2.05) is 29.2 Å². The number of carboxylic acid groups (broad SMARTS) is 1. The molecule has 12 heteroatoms. The Morgan fingerprint density at radius 1 is 1.16 bits per heavy atom. The number of alkyl halides is 3. The Balaban J connectivity index is 0.000000505. The van der Waals surface area contributed by atoms with Crippen LogP contribution in [0.15, 0.2) is 24.3 Å². The predicted molar refractivity (Wildman–Crippen MR) is 133 cm³/mol. The first-order valence-corrected chi connectivity index (χ1v) is 12.8. The maximum Gasteiger partial charge on any atom is 0.490 e. The summed E-state index contributed by atoms with van der Waals surface area (Å²) < 4.78 is 37.0. The highest BCUT2D eigenvalue weighted by atomic mass is 19.4. The van der Waals surface area contributed by atoms with Crippen LogP contribution >= 0.6 is 0 Å². The van der Waals surface area contributed by atoms with Gasteiger partial charge in [0.05, 0.1) is 12.5 Å². The van der Waals surface area contributed by atoms with Gasteiger partial charge in [-0.1, -0.05) is 19.1 Å². The number of aliphatic carboxylic acids is 1. The summed E-state index contributed by atoms with van der Waals surface area (Å²) in [6, 6.07) is 7.77. The minimum atomic E-state index is -5.08. The van der Waals surface area contributed by atoms with E-state index in [0.29, 0.717) is 12.5 Å². The average Bonchev–Trinajstić information content (AvgIpc) is 3.43. The van der Waals surface area contributed by atoms with Crippen LogP contribution in [-0.2, 0) is 16.1 Å². The lowest BCUT2D eigenvalue weighted by Crippen LogP contribution is -2.51. The Hall–Kier alpha value is -3.02. The van der Waals surface area contributed by atoms with Crippen molar-refractivity contribution in [2.24, 2.45) is 16.7 Å². The van der Waals surface area contributed by atoms with E-state index in [2.05, 4.69) is 22.5 Å². The van der Waals surface area contributed by atoms with Gasteiger partial charge in [0.15, 0.2) is 0 Å². The molecule has 1 spiro atoms. The maximum atomic E-state index is 12.9. The van der Waals surface area contributed by atoms with Gasteiger partial charge >= 0.3 is 18.2 Å². The van der Waals surface area contributed by atoms with E-state index in [1.165, 1.54) is 0 Å². The molecule has 0 aromatic heterocycles. The summed E-state index contributed by atoms with van der Waals surface area (Å²) in [5.41, 5.74) is 0.958. The molecule has 0 unspecified atom stereocenters. The molecule has 3 fully saturated rings. The summed E-state index contributed by atoms with van der Waals surface area (Å²) in [6.07, 6.45) is -1.04. The van der Waals surface area contributed by atoms with Gasteiger partial charge in [-0.15, -0.1) is 0 Å².